The number of carbonyl (C=O) groups is 2. The molecule has 6 atom stereocenters. The summed E-state index contributed by atoms with van der Waals surface area (Å²) >= 11 is 0. The predicted molar refractivity (Wildman–Crippen MR) is 101 cm³/mol. The van der Waals surface area contributed by atoms with Crippen LogP contribution in [0.25, 0.3) is 0 Å². The van der Waals surface area contributed by atoms with Gasteiger partial charge in [-0.25, -0.2) is 0 Å². The van der Waals surface area contributed by atoms with E-state index < -0.39 is 5.79 Å². The summed E-state index contributed by atoms with van der Waals surface area (Å²) in [6, 6.07) is 0. The molecule has 1 heterocycles. The van der Waals surface area contributed by atoms with Crippen molar-refractivity contribution in [2.75, 3.05) is 13.2 Å². The lowest BCUT2D eigenvalue weighted by Gasteiger charge is -2.57. The second kappa shape index (κ2) is 5.76. The maximum absolute atomic E-state index is 13.6. The van der Waals surface area contributed by atoms with Gasteiger partial charge in [-0.2, -0.15) is 0 Å². The number of hydrogen-bond acceptors (Lipinski definition) is 4. The summed E-state index contributed by atoms with van der Waals surface area (Å²) in [6.45, 7) is 8.00. The summed E-state index contributed by atoms with van der Waals surface area (Å²) in [5, 5.41) is 0. The van der Waals surface area contributed by atoms with Crippen molar-refractivity contribution in [2.45, 2.75) is 71.5 Å². The number of ether oxygens (including phenoxy) is 2. The van der Waals surface area contributed by atoms with Crippen LogP contribution in [0.3, 0.4) is 0 Å². The molecule has 0 N–H and O–H groups in total. The molecule has 5 rings (SSSR count). The fourth-order valence-corrected chi connectivity index (χ4v) is 7.98. The third-order valence-corrected chi connectivity index (χ3v) is 9.14. The maximum atomic E-state index is 13.6. The highest BCUT2D eigenvalue weighted by Crippen LogP contribution is 2.67. The normalized spacial score (nSPS) is 48.6. The lowest BCUT2D eigenvalue weighted by molar-refractivity contribution is -0.213. The van der Waals surface area contributed by atoms with Crippen molar-refractivity contribution in [3.05, 3.63) is 11.6 Å². The predicted octanol–water partition coefficient (Wildman–Crippen LogP) is 4.08. The average molecular weight is 373 g/mol. The molecule has 0 amide bonds. The summed E-state index contributed by atoms with van der Waals surface area (Å²) < 4.78 is 12.1. The third-order valence-electron chi connectivity index (χ3n) is 9.14. The minimum Gasteiger partial charge on any atom is -0.348 e. The number of carbonyl (C=O) groups excluding carboxylic acids is 2. The Morgan fingerprint density at radius 2 is 1.74 bits per heavy atom. The van der Waals surface area contributed by atoms with E-state index in [1.165, 1.54) is 12.0 Å². The quantitative estimate of drug-likeness (QED) is 0.696. The maximum Gasteiger partial charge on any atom is 0.169 e. The highest BCUT2D eigenvalue weighted by Gasteiger charge is 2.65. The molecule has 1 aliphatic heterocycles. The number of rotatable bonds is 1. The van der Waals surface area contributed by atoms with Crippen LogP contribution in [0.4, 0.5) is 0 Å². The van der Waals surface area contributed by atoms with E-state index in [0.717, 1.165) is 25.7 Å². The van der Waals surface area contributed by atoms with Crippen molar-refractivity contribution in [3.8, 4) is 0 Å². The van der Waals surface area contributed by atoms with Gasteiger partial charge in [0.2, 0.25) is 0 Å². The SMILES string of the molecule is CC1([C@H]2CC[C@H]3[C@@H]4CCC5=CC(=O)CC[C@]5(C)[C@H]4C(=O)C[C@]23C)OCCO1. The molecule has 0 radical (unpaired) electrons. The van der Waals surface area contributed by atoms with Crippen molar-refractivity contribution in [3.63, 3.8) is 0 Å². The zero-order chi connectivity index (χ0) is 19.0. The van der Waals surface area contributed by atoms with Gasteiger partial charge >= 0.3 is 0 Å². The van der Waals surface area contributed by atoms with Gasteiger partial charge in [-0.05, 0) is 67.8 Å². The average Bonchev–Trinajstić information content (AvgIpc) is 3.19. The van der Waals surface area contributed by atoms with E-state index in [0.29, 0.717) is 49.6 Å². The molecule has 4 fully saturated rings. The van der Waals surface area contributed by atoms with E-state index in [9.17, 15) is 9.59 Å². The van der Waals surface area contributed by atoms with Crippen LogP contribution >= 0.6 is 0 Å². The molecule has 3 saturated carbocycles. The van der Waals surface area contributed by atoms with Crippen molar-refractivity contribution >= 4 is 11.6 Å². The van der Waals surface area contributed by atoms with Crippen LogP contribution in [0.5, 0.6) is 0 Å². The van der Waals surface area contributed by atoms with Crippen LogP contribution in [0, 0.1) is 34.5 Å². The molecule has 0 spiro atoms. The molecular formula is C23H32O4. The van der Waals surface area contributed by atoms with Gasteiger partial charge in [-0.1, -0.05) is 19.4 Å². The fraction of sp³-hybridized carbons (Fsp3) is 0.826. The second-order valence-electron chi connectivity index (χ2n) is 10.3. The van der Waals surface area contributed by atoms with E-state index in [-0.39, 0.29) is 22.5 Å². The largest absolute Gasteiger partial charge is 0.348 e. The van der Waals surface area contributed by atoms with E-state index >= 15 is 0 Å². The molecule has 0 aromatic heterocycles. The molecule has 27 heavy (non-hydrogen) atoms. The van der Waals surface area contributed by atoms with E-state index in [1.54, 1.807) is 0 Å². The van der Waals surface area contributed by atoms with Crippen LogP contribution < -0.4 is 0 Å². The van der Waals surface area contributed by atoms with Crippen LogP contribution in [0.1, 0.15) is 65.7 Å². The topological polar surface area (TPSA) is 52.6 Å². The van der Waals surface area contributed by atoms with Gasteiger partial charge in [0.1, 0.15) is 5.78 Å². The van der Waals surface area contributed by atoms with Crippen molar-refractivity contribution < 1.29 is 19.1 Å². The molecule has 4 heteroatoms. The third kappa shape index (κ3) is 2.35. The van der Waals surface area contributed by atoms with Gasteiger partial charge in [0.15, 0.2) is 11.6 Å². The number of allylic oxidation sites excluding steroid dienone is 1. The second-order valence-corrected chi connectivity index (χ2v) is 10.3. The number of Topliss-reactive ketones (excluding diaryl/α,β-unsaturated/α-hetero) is 1. The Morgan fingerprint density at radius 3 is 2.48 bits per heavy atom. The molecule has 1 saturated heterocycles. The van der Waals surface area contributed by atoms with Crippen molar-refractivity contribution in [2.24, 2.45) is 34.5 Å². The van der Waals surface area contributed by atoms with E-state index in [2.05, 4.69) is 20.8 Å². The molecule has 0 unspecified atom stereocenters. The Balaban J connectivity index is 1.51. The lowest BCUT2D eigenvalue weighted by atomic mass is 9.46. The van der Waals surface area contributed by atoms with Crippen LogP contribution in [-0.2, 0) is 19.1 Å². The summed E-state index contributed by atoms with van der Waals surface area (Å²) in [4.78, 5) is 25.6. The van der Waals surface area contributed by atoms with E-state index in [1.807, 2.05) is 6.08 Å². The highest BCUT2D eigenvalue weighted by molar-refractivity contribution is 5.93. The lowest BCUT2D eigenvalue weighted by Crippen LogP contribution is -2.57. The Hall–Kier alpha value is -1.00. The zero-order valence-corrected chi connectivity index (χ0v) is 16.9. The molecule has 4 aliphatic carbocycles. The molecule has 0 aromatic rings. The zero-order valence-electron chi connectivity index (χ0n) is 16.9. The van der Waals surface area contributed by atoms with Crippen LogP contribution in [-0.4, -0.2) is 30.6 Å². The summed E-state index contributed by atoms with van der Waals surface area (Å²) in [5.41, 5.74) is 1.12. The first-order chi connectivity index (χ1) is 12.8. The van der Waals surface area contributed by atoms with Crippen LogP contribution in [0.2, 0.25) is 0 Å². The number of hydrogen-bond donors (Lipinski definition) is 0. The minimum absolute atomic E-state index is 0.0284. The summed E-state index contributed by atoms with van der Waals surface area (Å²) in [6.07, 6.45) is 8.26. The fourth-order valence-electron chi connectivity index (χ4n) is 7.98. The van der Waals surface area contributed by atoms with Gasteiger partial charge in [-0.3, -0.25) is 9.59 Å². The molecule has 5 aliphatic rings. The van der Waals surface area contributed by atoms with Crippen LogP contribution in [0.15, 0.2) is 11.6 Å². The number of ketones is 2. The Kier molecular flexibility index (Phi) is 3.85. The Labute approximate surface area is 162 Å². The van der Waals surface area contributed by atoms with Crippen molar-refractivity contribution in [1.29, 1.82) is 0 Å². The van der Waals surface area contributed by atoms with Gasteiger partial charge in [-0.15, -0.1) is 0 Å². The van der Waals surface area contributed by atoms with Gasteiger partial charge in [0.05, 0.1) is 13.2 Å². The molecule has 0 bridgehead atoms. The monoisotopic (exact) mass is 372 g/mol. The summed E-state index contributed by atoms with van der Waals surface area (Å²) in [7, 11) is 0. The molecule has 4 nitrogen and oxygen atoms in total. The van der Waals surface area contributed by atoms with Gasteiger partial charge in [0, 0.05) is 24.7 Å². The molecule has 0 aromatic carbocycles. The smallest absolute Gasteiger partial charge is 0.169 e. The Bertz CT molecular complexity index is 718. The van der Waals surface area contributed by atoms with E-state index in [4.69, 9.17) is 9.47 Å². The molecular weight excluding hydrogens is 340 g/mol. The Morgan fingerprint density at radius 1 is 1.00 bits per heavy atom. The minimum atomic E-state index is -0.530. The first-order valence-electron chi connectivity index (χ1n) is 10.8. The first kappa shape index (κ1) is 18.1. The molecule has 148 valence electrons. The first-order valence-corrected chi connectivity index (χ1v) is 10.8. The number of fused-ring (bicyclic) bond motifs is 5. The summed E-state index contributed by atoms with van der Waals surface area (Å²) in [5.74, 6) is 1.54. The van der Waals surface area contributed by atoms with Gasteiger partial charge < -0.3 is 9.47 Å². The van der Waals surface area contributed by atoms with Gasteiger partial charge in [0.25, 0.3) is 0 Å². The highest BCUT2D eigenvalue weighted by atomic mass is 16.7. The van der Waals surface area contributed by atoms with Crippen molar-refractivity contribution in [1.82, 2.24) is 0 Å². The standard InChI is InChI=1S/C23H32O4/c1-21-9-8-15(24)12-14(21)4-5-16-17-6-7-19(23(3)26-10-11-27-23)22(17,2)13-18(25)20(16)21/h12,16-17,19-20H,4-11,13H2,1-3H3/t16-,17-,19-,20+,21-,22-/m0/s1.